The molecule has 82 valence electrons. The van der Waals surface area contributed by atoms with Gasteiger partial charge in [0.1, 0.15) is 0 Å². The first-order valence-electron chi connectivity index (χ1n) is 4.64. The molecule has 0 saturated carbocycles. The Kier molecular flexibility index (Phi) is 4.75. The first-order chi connectivity index (χ1) is 7.15. The zero-order chi connectivity index (χ0) is 11.3. The Bertz CT molecular complexity index is 352. The van der Waals surface area contributed by atoms with Crippen LogP contribution in [0, 0.1) is 5.82 Å². The number of ether oxygens (including phenoxy) is 1. The molecule has 0 bridgehead atoms. The van der Waals surface area contributed by atoms with Gasteiger partial charge >= 0.3 is 0 Å². The van der Waals surface area contributed by atoms with E-state index in [0.717, 1.165) is 11.8 Å². The predicted molar refractivity (Wildman–Crippen MR) is 60.3 cm³/mol. The molecule has 0 radical (unpaired) electrons. The molecule has 0 spiro atoms. The maximum Gasteiger partial charge on any atom is 0.165 e. The Morgan fingerprint density at radius 3 is 2.87 bits per heavy atom. The molecule has 0 saturated heterocycles. The van der Waals surface area contributed by atoms with E-state index in [4.69, 9.17) is 4.74 Å². The summed E-state index contributed by atoms with van der Waals surface area (Å²) in [7, 11) is 0. The monoisotopic (exact) mass is 274 g/mol. The van der Waals surface area contributed by atoms with Crippen molar-refractivity contribution in [2.75, 3.05) is 11.9 Å². The predicted octanol–water partition coefficient (Wildman–Crippen LogP) is 3.19. The van der Waals surface area contributed by atoms with Crippen LogP contribution in [-0.2, 0) is 0 Å². The Morgan fingerprint density at radius 1 is 1.53 bits per heavy atom. The van der Waals surface area contributed by atoms with Crippen LogP contribution in [0.25, 0.3) is 0 Å². The quantitative estimate of drug-likeness (QED) is 0.468. The van der Waals surface area contributed by atoms with Crippen LogP contribution in [0.2, 0.25) is 0 Å². The molecule has 0 aliphatic rings. The number of alkyl halides is 1. The molecule has 0 amide bonds. The van der Waals surface area contributed by atoms with Gasteiger partial charge in [0.2, 0.25) is 0 Å². The number of hydrogen-bond donors (Lipinski definition) is 0. The second-order valence-electron chi connectivity index (χ2n) is 3.09. The smallest absolute Gasteiger partial charge is 0.165 e. The van der Waals surface area contributed by atoms with Crippen LogP contribution in [0.5, 0.6) is 5.75 Å². The van der Waals surface area contributed by atoms with Crippen molar-refractivity contribution in [2.24, 2.45) is 0 Å². The molecule has 4 heteroatoms. The van der Waals surface area contributed by atoms with E-state index >= 15 is 0 Å². The third kappa shape index (κ3) is 3.63. The zero-order valence-electron chi connectivity index (χ0n) is 8.43. The average Bonchev–Trinajstić information content (AvgIpc) is 2.20. The van der Waals surface area contributed by atoms with E-state index in [-0.39, 0.29) is 11.5 Å². The van der Waals surface area contributed by atoms with Crippen LogP contribution in [0.3, 0.4) is 0 Å². The summed E-state index contributed by atoms with van der Waals surface area (Å²) < 4.78 is 18.4. The fourth-order valence-electron chi connectivity index (χ4n) is 1.07. The molecule has 2 nitrogen and oxygen atoms in total. The first-order valence-corrected chi connectivity index (χ1v) is 5.76. The highest BCUT2D eigenvalue weighted by Crippen LogP contribution is 2.19. The Hall–Kier alpha value is -0.900. The zero-order valence-corrected chi connectivity index (χ0v) is 10.0. The second-order valence-corrected chi connectivity index (χ2v) is 3.89. The van der Waals surface area contributed by atoms with E-state index in [0.29, 0.717) is 12.2 Å². The number of ketones is 1. The van der Waals surface area contributed by atoms with Crippen molar-refractivity contribution in [3.8, 4) is 5.75 Å². The summed E-state index contributed by atoms with van der Waals surface area (Å²) in [4.78, 5) is 11.1. The maximum atomic E-state index is 13.2. The van der Waals surface area contributed by atoms with Gasteiger partial charge < -0.3 is 4.74 Å². The number of benzene rings is 1. The topological polar surface area (TPSA) is 26.3 Å². The van der Waals surface area contributed by atoms with E-state index in [1.807, 2.05) is 0 Å². The Balaban J connectivity index is 2.76. The Morgan fingerprint density at radius 2 is 2.27 bits per heavy atom. The number of carbonyl (C=O) groups is 1. The minimum atomic E-state index is -0.436. The molecule has 1 rings (SSSR count). The fraction of sp³-hybridized carbons (Fsp3) is 0.364. The van der Waals surface area contributed by atoms with Gasteiger partial charge in [-0.2, -0.15) is 0 Å². The summed E-state index contributed by atoms with van der Waals surface area (Å²) in [5, 5.41) is 0.807. The standard InChI is InChI=1S/C11H12BrFO2/c1-8(14)9-3-4-10(13)11(7-9)15-6-2-5-12/h3-4,7H,2,5-6H2,1H3. The largest absolute Gasteiger partial charge is 0.490 e. The molecule has 0 aromatic heterocycles. The molecule has 15 heavy (non-hydrogen) atoms. The maximum absolute atomic E-state index is 13.2. The van der Waals surface area contributed by atoms with E-state index in [2.05, 4.69) is 15.9 Å². The minimum Gasteiger partial charge on any atom is -0.490 e. The van der Waals surface area contributed by atoms with Gasteiger partial charge in [-0.25, -0.2) is 4.39 Å². The summed E-state index contributed by atoms with van der Waals surface area (Å²) in [6, 6.07) is 4.14. The number of carbonyl (C=O) groups excluding carboxylic acids is 1. The molecule has 0 unspecified atom stereocenters. The van der Waals surface area contributed by atoms with Gasteiger partial charge in [-0.15, -0.1) is 0 Å². The highest BCUT2D eigenvalue weighted by molar-refractivity contribution is 9.09. The van der Waals surface area contributed by atoms with E-state index in [9.17, 15) is 9.18 Å². The summed E-state index contributed by atoms with van der Waals surface area (Å²) >= 11 is 3.25. The number of halogens is 2. The van der Waals surface area contributed by atoms with Crippen molar-refractivity contribution in [1.82, 2.24) is 0 Å². The van der Waals surface area contributed by atoms with Gasteiger partial charge in [0.25, 0.3) is 0 Å². The van der Waals surface area contributed by atoms with Gasteiger partial charge in [-0.05, 0) is 31.5 Å². The van der Waals surface area contributed by atoms with Crippen LogP contribution in [0.4, 0.5) is 4.39 Å². The summed E-state index contributed by atoms with van der Waals surface area (Å²) in [5.41, 5.74) is 0.463. The molecule has 0 aliphatic carbocycles. The van der Waals surface area contributed by atoms with Crippen molar-refractivity contribution in [2.45, 2.75) is 13.3 Å². The van der Waals surface area contributed by atoms with Gasteiger partial charge in [0.15, 0.2) is 17.3 Å². The van der Waals surface area contributed by atoms with Crippen LogP contribution in [-0.4, -0.2) is 17.7 Å². The number of hydrogen-bond acceptors (Lipinski definition) is 2. The van der Waals surface area contributed by atoms with E-state index < -0.39 is 5.82 Å². The lowest BCUT2D eigenvalue weighted by Crippen LogP contribution is -2.01. The van der Waals surface area contributed by atoms with Gasteiger partial charge in [0, 0.05) is 10.9 Å². The number of Topliss-reactive ketones (excluding diaryl/α,β-unsaturated/α-hetero) is 1. The fourth-order valence-corrected chi connectivity index (χ4v) is 1.30. The van der Waals surface area contributed by atoms with Crippen LogP contribution in [0.1, 0.15) is 23.7 Å². The van der Waals surface area contributed by atoms with E-state index in [1.165, 1.54) is 25.1 Å². The molecule has 0 N–H and O–H groups in total. The summed E-state index contributed by atoms with van der Waals surface area (Å²) in [6.45, 7) is 1.87. The number of rotatable bonds is 5. The van der Waals surface area contributed by atoms with Crippen molar-refractivity contribution >= 4 is 21.7 Å². The third-order valence-corrected chi connectivity index (χ3v) is 2.43. The van der Waals surface area contributed by atoms with Gasteiger partial charge in [-0.1, -0.05) is 15.9 Å². The average molecular weight is 275 g/mol. The van der Waals surface area contributed by atoms with Crippen LogP contribution in [0.15, 0.2) is 18.2 Å². The van der Waals surface area contributed by atoms with Crippen molar-refractivity contribution < 1.29 is 13.9 Å². The van der Waals surface area contributed by atoms with E-state index in [1.54, 1.807) is 0 Å². The lowest BCUT2D eigenvalue weighted by molar-refractivity contribution is 0.101. The van der Waals surface area contributed by atoms with Crippen LogP contribution >= 0.6 is 15.9 Å². The molecule has 0 atom stereocenters. The summed E-state index contributed by atoms with van der Waals surface area (Å²) in [6.07, 6.45) is 0.795. The lowest BCUT2D eigenvalue weighted by atomic mass is 10.1. The van der Waals surface area contributed by atoms with Crippen molar-refractivity contribution in [3.05, 3.63) is 29.6 Å². The van der Waals surface area contributed by atoms with Crippen molar-refractivity contribution in [3.63, 3.8) is 0 Å². The normalized spacial score (nSPS) is 10.1. The molecule has 1 aromatic rings. The van der Waals surface area contributed by atoms with Gasteiger partial charge in [-0.3, -0.25) is 4.79 Å². The van der Waals surface area contributed by atoms with Crippen molar-refractivity contribution in [1.29, 1.82) is 0 Å². The summed E-state index contributed by atoms with van der Waals surface area (Å²) in [5.74, 6) is -0.390. The second kappa shape index (κ2) is 5.85. The third-order valence-electron chi connectivity index (χ3n) is 1.87. The lowest BCUT2D eigenvalue weighted by Gasteiger charge is -2.07. The first kappa shape index (κ1) is 12.2. The molecular formula is C11H12BrFO2. The minimum absolute atomic E-state index is 0.0969. The highest BCUT2D eigenvalue weighted by Gasteiger charge is 2.07. The highest BCUT2D eigenvalue weighted by atomic mass is 79.9. The van der Waals surface area contributed by atoms with Gasteiger partial charge in [0.05, 0.1) is 6.61 Å². The molecule has 1 aromatic carbocycles. The molecular weight excluding hydrogens is 263 g/mol. The molecule has 0 fully saturated rings. The van der Waals surface area contributed by atoms with Crippen LogP contribution < -0.4 is 4.74 Å². The molecule has 0 aliphatic heterocycles. The SMILES string of the molecule is CC(=O)c1ccc(F)c(OCCCBr)c1. The molecule has 0 heterocycles. The Labute approximate surface area is 96.6 Å².